The number of aryl methyl sites for hydroxylation is 1. The van der Waals surface area contributed by atoms with Gasteiger partial charge in [-0.3, -0.25) is 14.3 Å². The molecule has 0 bridgehead atoms. The van der Waals surface area contributed by atoms with Crippen LogP contribution in [0.5, 0.6) is 0 Å². The normalized spacial score (nSPS) is 23.7. The van der Waals surface area contributed by atoms with E-state index in [0.717, 1.165) is 6.54 Å². The van der Waals surface area contributed by atoms with Crippen molar-refractivity contribution in [1.82, 2.24) is 14.5 Å². The fraction of sp³-hybridized carbons (Fsp3) is 0.762. The fourth-order valence-corrected chi connectivity index (χ4v) is 4.60. The number of nitrogens with zero attached hydrogens (tertiary/aromatic N) is 3. The third kappa shape index (κ3) is 8.50. The van der Waals surface area contributed by atoms with Crippen molar-refractivity contribution in [2.24, 2.45) is 0 Å². The molecule has 2 heterocycles. The minimum Gasteiger partial charge on any atom is -0.378 e. The first-order valence-corrected chi connectivity index (χ1v) is 13.0. The van der Waals surface area contributed by atoms with Gasteiger partial charge in [-0.2, -0.15) is 0 Å². The summed E-state index contributed by atoms with van der Waals surface area (Å²) in [6, 6.07) is 0. The molecule has 0 saturated carbocycles. The minimum atomic E-state index is -1.23. The van der Waals surface area contributed by atoms with Crippen LogP contribution in [0.3, 0.4) is 0 Å². The quantitative estimate of drug-likeness (QED) is 0.180. The summed E-state index contributed by atoms with van der Waals surface area (Å²) >= 11 is 5.41. The Balaban J connectivity index is 2.18. The van der Waals surface area contributed by atoms with E-state index in [2.05, 4.69) is 14.7 Å². The van der Waals surface area contributed by atoms with Crippen molar-refractivity contribution in [2.45, 2.75) is 44.8 Å². The highest BCUT2D eigenvalue weighted by Gasteiger charge is 2.47. The maximum atomic E-state index is 12.0. The Morgan fingerprint density at radius 3 is 2.73 bits per heavy atom. The molecule has 0 radical (unpaired) electrons. The molecule has 1 aliphatic rings. The molecule has 5 atom stereocenters. The van der Waals surface area contributed by atoms with Gasteiger partial charge in [-0.15, -0.1) is 0 Å². The predicted molar refractivity (Wildman–Crippen MR) is 129 cm³/mol. The molecular weight excluding hydrogens is 467 g/mol. The van der Waals surface area contributed by atoms with Crippen molar-refractivity contribution in [3.63, 3.8) is 0 Å². The molecule has 0 aromatic carbocycles. The largest absolute Gasteiger partial charge is 0.378 e. The Labute approximate surface area is 201 Å². The molecule has 0 aliphatic carbocycles. The van der Waals surface area contributed by atoms with E-state index in [9.17, 15) is 4.79 Å². The van der Waals surface area contributed by atoms with Gasteiger partial charge in [-0.05, 0) is 39.7 Å². The van der Waals surface area contributed by atoms with Gasteiger partial charge in [-0.1, -0.05) is 6.92 Å². The van der Waals surface area contributed by atoms with Crippen LogP contribution in [0.2, 0.25) is 0 Å². The van der Waals surface area contributed by atoms with Crippen molar-refractivity contribution in [3.05, 3.63) is 38.3 Å². The van der Waals surface area contributed by atoms with Crippen molar-refractivity contribution in [1.29, 1.82) is 0 Å². The monoisotopic (exact) mass is 502 g/mol. The van der Waals surface area contributed by atoms with Crippen molar-refractivity contribution < 1.29 is 23.3 Å². The average Bonchev–Trinajstić information content (AvgIpc) is 3.10. The number of likely N-dealkylation sites (N-methyl/N-ethyl adjacent to an activating group) is 1. The summed E-state index contributed by atoms with van der Waals surface area (Å²) in [6.07, 6.45) is 0.668. The van der Waals surface area contributed by atoms with Crippen LogP contribution in [-0.4, -0.2) is 93.0 Å². The van der Waals surface area contributed by atoms with E-state index in [0.29, 0.717) is 38.4 Å². The van der Waals surface area contributed by atoms with Gasteiger partial charge in [0.25, 0.3) is 5.56 Å². The summed E-state index contributed by atoms with van der Waals surface area (Å²) in [6.45, 7) is 15.3. The Kier molecular flexibility index (Phi) is 12.1. The van der Waals surface area contributed by atoms with Gasteiger partial charge in [0.2, 0.25) is 6.54 Å². The zero-order chi connectivity index (χ0) is 24.4. The molecule has 186 valence electrons. The molecule has 1 aliphatic heterocycles. The third-order valence-electron chi connectivity index (χ3n) is 5.08. The number of H-pyrrole nitrogens is 1. The molecule has 10 nitrogen and oxygen atoms in total. The number of nitrogens with one attached hydrogen (secondary N) is 1. The average molecular weight is 503 g/mol. The van der Waals surface area contributed by atoms with Crippen molar-refractivity contribution in [3.8, 4) is 0 Å². The number of hydrogen-bond donors (Lipinski definition) is 1. The van der Waals surface area contributed by atoms with E-state index in [1.165, 1.54) is 0 Å². The molecule has 2 unspecified atom stereocenters. The summed E-state index contributed by atoms with van der Waals surface area (Å²) in [5.74, 6) is 0. The van der Waals surface area contributed by atoms with Gasteiger partial charge in [-0.25, -0.2) is 6.57 Å². The van der Waals surface area contributed by atoms with Gasteiger partial charge in [0.1, 0.15) is 18.8 Å². The van der Waals surface area contributed by atoms with E-state index in [1.807, 2.05) is 27.7 Å². The molecule has 1 fully saturated rings. The third-order valence-corrected chi connectivity index (χ3v) is 6.47. The van der Waals surface area contributed by atoms with Gasteiger partial charge < -0.3 is 33.0 Å². The Bertz CT molecular complexity index is 889. The van der Waals surface area contributed by atoms with E-state index in [4.69, 9.17) is 42.0 Å². The lowest BCUT2D eigenvalue weighted by Crippen LogP contribution is -2.37. The zero-order valence-electron chi connectivity index (χ0n) is 20.0. The second kappa shape index (κ2) is 14.2. The number of hydrogen-bond acceptors (Lipinski definition) is 8. The molecule has 1 saturated heterocycles. The number of rotatable bonds is 14. The second-order valence-corrected chi connectivity index (χ2v) is 9.66. The Morgan fingerprint density at radius 1 is 1.30 bits per heavy atom. The molecule has 1 aromatic heterocycles. The van der Waals surface area contributed by atoms with Crippen molar-refractivity contribution in [2.75, 3.05) is 60.3 Å². The maximum Gasteiger partial charge on any atom is 0.254 e. The maximum absolute atomic E-state index is 12.0. The lowest BCUT2D eigenvalue weighted by molar-refractivity contribution is -0.0803. The highest BCUT2D eigenvalue weighted by atomic mass is 32.1. The highest BCUT2D eigenvalue weighted by molar-refractivity contribution is 7.71. The lowest BCUT2D eigenvalue weighted by Gasteiger charge is -2.27. The van der Waals surface area contributed by atoms with Crippen LogP contribution in [0, 0.1) is 18.3 Å². The molecule has 33 heavy (non-hydrogen) atoms. The van der Waals surface area contributed by atoms with Gasteiger partial charge >= 0.3 is 0 Å². The van der Waals surface area contributed by atoms with Crippen LogP contribution < -0.4 is 5.56 Å². The molecule has 1 N–H and O–H groups in total. The molecule has 1 aromatic rings. The van der Waals surface area contributed by atoms with Crippen LogP contribution in [0.15, 0.2) is 11.0 Å². The predicted octanol–water partition coefficient (Wildman–Crippen LogP) is 2.75. The van der Waals surface area contributed by atoms with Crippen LogP contribution in [0.1, 0.15) is 25.1 Å². The summed E-state index contributed by atoms with van der Waals surface area (Å²) in [4.78, 5) is 20.0. The molecule has 0 amide bonds. The van der Waals surface area contributed by atoms with E-state index < -0.39 is 26.8 Å². The van der Waals surface area contributed by atoms with Crippen molar-refractivity contribution >= 4 is 20.6 Å². The minimum absolute atomic E-state index is 0.230. The summed E-state index contributed by atoms with van der Waals surface area (Å²) in [7, 11) is 2.75. The van der Waals surface area contributed by atoms with Gasteiger partial charge in [0.05, 0.1) is 25.9 Å². The number of aromatic nitrogens is 2. The summed E-state index contributed by atoms with van der Waals surface area (Å²) in [5, 5.41) is 0. The first-order valence-electron chi connectivity index (χ1n) is 11.0. The lowest BCUT2D eigenvalue weighted by atomic mass is 10.1. The molecular formula is C21H35N4O6PS. The summed E-state index contributed by atoms with van der Waals surface area (Å²) < 4.78 is 32.1. The van der Waals surface area contributed by atoms with Gasteiger partial charge in [0, 0.05) is 25.0 Å². The van der Waals surface area contributed by atoms with Crippen LogP contribution in [-0.2, 0) is 23.3 Å². The standard InChI is InChI=1S/C21H35N4O6PS/c1-7-16-17(31-32(6)29-10-8-22-3)18(28-13-12-27-11-9-24(4)5)20(30-16)25-14-15(2)19(26)23-21(25)33/h14,16-18,20H,7-13H2,1-2,4-6H3,(H,23,26,33)/t16-,17?,18+,20-,32?/m1/s1. The molecule has 12 heteroatoms. The molecule has 2 rings (SSSR count). The van der Waals surface area contributed by atoms with E-state index in [1.54, 1.807) is 17.7 Å². The Morgan fingerprint density at radius 2 is 2.06 bits per heavy atom. The first-order chi connectivity index (χ1) is 15.8. The van der Waals surface area contributed by atoms with Crippen LogP contribution in [0.25, 0.3) is 4.85 Å². The smallest absolute Gasteiger partial charge is 0.254 e. The zero-order valence-corrected chi connectivity index (χ0v) is 21.7. The molecule has 0 spiro atoms. The SMILES string of the molecule is [C-]#[N+]CCOP(C)OC1[C@@H](CC)O[C@@H](n2cc(C)c(=O)[nH]c2=S)[C@H]1OCCOCCN(C)C. The van der Waals surface area contributed by atoms with E-state index in [-0.39, 0.29) is 23.0 Å². The number of aromatic amines is 1. The van der Waals surface area contributed by atoms with Crippen LogP contribution in [0.4, 0.5) is 0 Å². The highest BCUT2D eigenvalue weighted by Crippen LogP contribution is 2.43. The van der Waals surface area contributed by atoms with Gasteiger partial charge in [0.15, 0.2) is 19.4 Å². The topological polar surface area (TPSA) is 91.5 Å². The second-order valence-electron chi connectivity index (χ2n) is 7.93. The Hall–Kier alpha value is -1.22. The first kappa shape index (κ1) is 28.0. The summed E-state index contributed by atoms with van der Waals surface area (Å²) in [5.41, 5.74) is 0.293. The van der Waals surface area contributed by atoms with E-state index >= 15 is 0 Å². The number of ether oxygens (including phenoxy) is 3. The fourth-order valence-electron chi connectivity index (χ4n) is 3.35. The van der Waals surface area contributed by atoms with Crippen LogP contribution >= 0.6 is 20.6 Å².